The normalized spacial score (nSPS) is 14.6. The molecule has 1 heterocycles. The minimum absolute atomic E-state index is 0.0609. The monoisotopic (exact) mass is 261 g/mol. The fourth-order valence-electron chi connectivity index (χ4n) is 2.07. The van der Waals surface area contributed by atoms with Gasteiger partial charge in [0.25, 0.3) is 0 Å². The van der Waals surface area contributed by atoms with Gasteiger partial charge < -0.3 is 9.63 Å². The highest BCUT2D eigenvalue weighted by molar-refractivity contribution is 5.96. The van der Waals surface area contributed by atoms with Gasteiger partial charge in [-0.15, -0.1) is 0 Å². The Kier molecular flexibility index (Phi) is 2.62. The molecule has 0 spiro atoms. The number of carboxylic acid groups (broad SMARTS) is 1. The second-order valence-electron chi connectivity index (χ2n) is 4.81. The second-order valence-corrected chi connectivity index (χ2v) is 4.81. The molecule has 1 aliphatic rings. The Bertz CT molecular complexity index is 659. The van der Waals surface area contributed by atoms with Crippen molar-refractivity contribution in [3.63, 3.8) is 0 Å². The molecular weight excluding hydrogens is 249 g/mol. The van der Waals surface area contributed by atoms with Gasteiger partial charge in [-0.1, -0.05) is 17.3 Å². The number of aromatic nitrogens is 1. The maximum atomic E-state index is 13.6. The van der Waals surface area contributed by atoms with Crippen LogP contribution in [0.3, 0.4) is 0 Å². The molecule has 5 heteroatoms. The van der Waals surface area contributed by atoms with Crippen LogP contribution in [0.4, 0.5) is 4.39 Å². The predicted molar refractivity (Wildman–Crippen MR) is 65.6 cm³/mol. The van der Waals surface area contributed by atoms with Crippen molar-refractivity contribution in [3.8, 4) is 11.3 Å². The Hall–Kier alpha value is -2.17. The largest absolute Gasteiger partial charge is 0.477 e. The van der Waals surface area contributed by atoms with Crippen LogP contribution in [-0.2, 0) is 0 Å². The summed E-state index contributed by atoms with van der Waals surface area (Å²) in [6, 6.07) is 4.54. The summed E-state index contributed by atoms with van der Waals surface area (Å²) < 4.78 is 18.7. The van der Waals surface area contributed by atoms with E-state index in [1.165, 1.54) is 6.07 Å². The molecule has 0 bridgehead atoms. The molecule has 3 rings (SSSR count). The average Bonchev–Trinajstić information content (AvgIpc) is 3.11. The molecule has 1 fully saturated rings. The van der Waals surface area contributed by atoms with Gasteiger partial charge in [-0.2, -0.15) is 0 Å². The molecule has 1 N–H and O–H groups in total. The lowest BCUT2D eigenvalue weighted by Gasteiger charge is -2.01. The molecule has 19 heavy (non-hydrogen) atoms. The molecule has 0 radical (unpaired) electrons. The van der Waals surface area contributed by atoms with Crippen molar-refractivity contribution in [2.24, 2.45) is 0 Å². The van der Waals surface area contributed by atoms with Gasteiger partial charge in [0, 0.05) is 11.5 Å². The van der Waals surface area contributed by atoms with Gasteiger partial charge >= 0.3 is 5.97 Å². The minimum atomic E-state index is -1.08. The highest BCUT2D eigenvalue weighted by atomic mass is 19.1. The van der Waals surface area contributed by atoms with Gasteiger partial charge in [0.05, 0.1) is 0 Å². The van der Waals surface area contributed by atoms with Gasteiger partial charge in [-0.3, -0.25) is 0 Å². The van der Waals surface area contributed by atoms with E-state index < -0.39 is 5.97 Å². The Morgan fingerprint density at radius 3 is 2.79 bits per heavy atom. The lowest BCUT2D eigenvalue weighted by Crippen LogP contribution is -2.01. The third-order valence-corrected chi connectivity index (χ3v) is 3.33. The molecule has 2 aromatic rings. The van der Waals surface area contributed by atoms with Gasteiger partial charge in [-0.25, -0.2) is 9.18 Å². The van der Waals surface area contributed by atoms with Crippen molar-refractivity contribution in [2.45, 2.75) is 25.7 Å². The number of carbonyl (C=O) groups is 1. The Labute approximate surface area is 108 Å². The lowest BCUT2D eigenvalue weighted by atomic mass is 10.0. The molecule has 0 atom stereocenters. The van der Waals surface area contributed by atoms with Crippen molar-refractivity contribution in [2.75, 3.05) is 0 Å². The zero-order valence-electron chi connectivity index (χ0n) is 10.3. The fraction of sp³-hybridized carbons (Fsp3) is 0.286. The van der Waals surface area contributed by atoms with E-state index >= 15 is 0 Å². The molecule has 1 aromatic carbocycles. The number of benzene rings is 1. The number of halogens is 1. The van der Waals surface area contributed by atoms with Crippen LogP contribution in [0.15, 0.2) is 22.7 Å². The van der Waals surface area contributed by atoms with E-state index in [-0.39, 0.29) is 23.0 Å². The Morgan fingerprint density at radius 1 is 1.47 bits per heavy atom. The molecule has 1 saturated carbocycles. The summed E-state index contributed by atoms with van der Waals surface area (Å²) in [4.78, 5) is 11.4. The molecule has 1 aromatic heterocycles. The molecule has 98 valence electrons. The molecular formula is C14H12FNO3. The maximum Gasteiger partial charge on any atom is 0.341 e. The first-order chi connectivity index (χ1) is 9.08. The van der Waals surface area contributed by atoms with E-state index in [0.717, 1.165) is 12.8 Å². The van der Waals surface area contributed by atoms with Crippen molar-refractivity contribution in [3.05, 3.63) is 40.9 Å². The molecule has 0 aliphatic heterocycles. The van der Waals surface area contributed by atoms with E-state index in [4.69, 9.17) is 4.52 Å². The number of nitrogens with zero attached hydrogens (tertiary/aromatic N) is 1. The first kappa shape index (κ1) is 11.9. The summed E-state index contributed by atoms with van der Waals surface area (Å²) >= 11 is 0. The van der Waals surface area contributed by atoms with Gasteiger partial charge in [0.15, 0.2) is 5.76 Å². The first-order valence-electron chi connectivity index (χ1n) is 6.07. The summed E-state index contributed by atoms with van der Waals surface area (Å²) in [6.07, 6.45) is 1.83. The van der Waals surface area contributed by atoms with E-state index in [1.807, 2.05) is 0 Å². The van der Waals surface area contributed by atoms with E-state index in [2.05, 4.69) is 5.16 Å². The molecule has 0 amide bonds. The summed E-state index contributed by atoms with van der Waals surface area (Å²) in [5.41, 5.74) is 1.20. The zero-order valence-corrected chi connectivity index (χ0v) is 10.3. The van der Waals surface area contributed by atoms with Crippen LogP contribution >= 0.6 is 0 Å². The third-order valence-electron chi connectivity index (χ3n) is 3.33. The number of aryl methyl sites for hydroxylation is 1. The van der Waals surface area contributed by atoms with Gasteiger partial charge in [-0.05, 0) is 31.4 Å². The smallest absolute Gasteiger partial charge is 0.341 e. The summed E-state index contributed by atoms with van der Waals surface area (Å²) in [5.74, 6) is -0.921. The highest BCUT2D eigenvalue weighted by Gasteiger charge is 2.35. The van der Waals surface area contributed by atoms with Crippen molar-refractivity contribution >= 4 is 5.97 Å². The van der Waals surface area contributed by atoms with Crippen molar-refractivity contribution in [1.29, 1.82) is 0 Å². The van der Waals surface area contributed by atoms with Crippen molar-refractivity contribution < 1.29 is 18.8 Å². The predicted octanol–water partition coefficient (Wildman–Crippen LogP) is 3.36. The first-order valence-corrected chi connectivity index (χ1v) is 6.07. The average molecular weight is 261 g/mol. The minimum Gasteiger partial charge on any atom is -0.477 e. The molecule has 0 saturated heterocycles. The van der Waals surface area contributed by atoms with E-state index in [9.17, 15) is 14.3 Å². The Balaban J connectivity index is 2.13. The fourth-order valence-corrected chi connectivity index (χ4v) is 2.07. The molecule has 0 unspecified atom stereocenters. The highest BCUT2D eigenvalue weighted by Crippen LogP contribution is 2.44. The second kappa shape index (κ2) is 4.19. The van der Waals surface area contributed by atoms with Crippen LogP contribution in [0.2, 0.25) is 0 Å². The number of aromatic carboxylic acids is 1. The standard InChI is InChI=1S/C14H12FNO3/c1-7-2-3-9(6-10(7)15)12-11(14(17)18)13(19-16-12)8-4-5-8/h2-3,6,8H,4-5H2,1H3,(H,17,18). The molecule has 1 aliphatic carbocycles. The van der Waals surface area contributed by atoms with Crippen LogP contribution < -0.4 is 0 Å². The lowest BCUT2D eigenvalue weighted by molar-refractivity contribution is 0.0695. The quantitative estimate of drug-likeness (QED) is 0.920. The maximum absolute atomic E-state index is 13.6. The van der Waals surface area contributed by atoms with Gasteiger partial charge in [0.1, 0.15) is 17.1 Å². The van der Waals surface area contributed by atoms with Crippen molar-refractivity contribution in [1.82, 2.24) is 5.16 Å². The summed E-state index contributed by atoms with van der Waals surface area (Å²) in [6.45, 7) is 1.65. The third kappa shape index (κ3) is 2.01. The number of hydrogen-bond acceptors (Lipinski definition) is 3. The zero-order chi connectivity index (χ0) is 13.6. The number of hydrogen-bond donors (Lipinski definition) is 1. The SMILES string of the molecule is Cc1ccc(-c2noc(C3CC3)c2C(=O)O)cc1F. The number of carboxylic acids is 1. The van der Waals surface area contributed by atoms with Crippen LogP contribution in [0.25, 0.3) is 11.3 Å². The van der Waals surface area contributed by atoms with Crippen LogP contribution in [-0.4, -0.2) is 16.2 Å². The molecule has 4 nitrogen and oxygen atoms in total. The Morgan fingerprint density at radius 2 is 2.21 bits per heavy atom. The topological polar surface area (TPSA) is 63.3 Å². The number of rotatable bonds is 3. The van der Waals surface area contributed by atoms with E-state index in [0.29, 0.717) is 16.9 Å². The summed E-state index contributed by atoms with van der Waals surface area (Å²) in [5, 5.41) is 13.1. The summed E-state index contributed by atoms with van der Waals surface area (Å²) in [7, 11) is 0. The van der Waals surface area contributed by atoms with Crippen LogP contribution in [0, 0.1) is 12.7 Å². The van der Waals surface area contributed by atoms with Crippen LogP contribution in [0.1, 0.15) is 40.4 Å². The van der Waals surface area contributed by atoms with Gasteiger partial charge in [0.2, 0.25) is 0 Å². The van der Waals surface area contributed by atoms with E-state index in [1.54, 1.807) is 19.1 Å². The van der Waals surface area contributed by atoms with Crippen LogP contribution in [0.5, 0.6) is 0 Å².